The molecule has 0 fully saturated rings. The molecule has 9 heteroatoms. The average molecular weight is 520 g/mol. The highest BCUT2D eigenvalue weighted by Crippen LogP contribution is 2.30. The van der Waals surface area contributed by atoms with Crippen LogP contribution < -0.4 is 10.2 Å². The number of ether oxygens (including phenoxy) is 1. The summed E-state index contributed by atoms with van der Waals surface area (Å²) in [6.07, 6.45) is 1.67. The van der Waals surface area contributed by atoms with E-state index in [1.165, 1.54) is 17.3 Å². The van der Waals surface area contributed by atoms with Gasteiger partial charge in [-0.3, -0.25) is 9.36 Å². The number of nitrogens with zero attached hydrogens (tertiary/aromatic N) is 4. The average Bonchev–Trinajstić information content (AvgIpc) is 3.48. The molecule has 0 aliphatic rings. The van der Waals surface area contributed by atoms with Gasteiger partial charge in [-0.25, -0.2) is 5.43 Å². The molecular formula is C27H29N5O2S2. The highest BCUT2D eigenvalue weighted by molar-refractivity contribution is 7.99. The van der Waals surface area contributed by atoms with Gasteiger partial charge in [0.25, 0.3) is 5.91 Å². The van der Waals surface area contributed by atoms with Crippen LogP contribution in [0.5, 0.6) is 5.75 Å². The van der Waals surface area contributed by atoms with Crippen molar-refractivity contribution >= 4 is 35.2 Å². The minimum Gasteiger partial charge on any atom is -0.497 e. The molecule has 0 saturated heterocycles. The monoisotopic (exact) mass is 519 g/mol. The van der Waals surface area contributed by atoms with Crippen LogP contribution in [0, 0.1) is 6.92 Å². The van der Waals surface area contributed by atoms with Gasteiger partial charge < -0.3 is 4.74 Å². The number of carbonyl (C=O) groups excluding carboxylic acids is 1. The molecule has 0 bridgehead atoms. The first kappa shape index (κ1) is 25.7. The number of thiophene rings is 1. The number of aromatic nitrogens is 3. The van der Waals surface area contributed by atoms with Crippen molar-refractivity contribution in [3.05, 3.63) is 76.0 Å². The Balaban J connectivity index is 1.57. The lowest BCUT2D eigenvalue weighted by atomic mass is 9.87. The number of nitrogens with one attached hydrogen (secondary N) is 1. The second-order valence-corrected chi connectivity index (χ2v) is 11.1. The first-order chi connectivity index (χ1) is 17.3. The van der Waals surface area contributed by atoms with Gasteiger partial charge in [-0.15, -0.1) is 21.5 Å². The fourth-order valence-corrected chi connectivity index (χ4v) is 5.01. The van der Waals surface area contributed by atoms with Gasteiger partial charge in [-0.2, -0.15) is 5.10 Å². The van der Waals surface area contributed by atoms with Crippen molar-refractivity contribution in [1.29, 1.82) is 0 Å². The van der Waals surface area contributed by atoms with Crippen LogP contribution in [0.4, 0.5) is 0 Å². The number of hydrogen-bond acceptors (Lipinski definition) is 7. The molecule has 1 amide bonds. The zero-order valence-electron chi connectivity index (χ0n) is 21.0. The van der Waals surface area contributed by atoms with Crippen LogP contribution in [0.3, 0.4) is 0 Å². The summed E-state index contributed by atoms with van der Waals surface area (Å²) in [5.74, 6) is 1.40. The molecular weight excluding hydrogens is 490 g/mol. The predicted octanol–water partition coefficient (Wildman–Crippen LogP) is 5.85. The highest BCUT2D eigenvalue weighted by Gasteiger charge is 2.19. The molecule has 0 aliphatic carbocycles. The van der Waals surface area contributed by atoms with Gasteiger partial charge in [-0.1, -0.05) is 56.8 Å². The van der Waals surface area contributed by atoms with Crippen molar-refractivity contribution in [2.45, 2.75) is 38.3 Å². The van der Waals surface area contributed by atoms with E-state index in [-0.39, 0.29) is 17.1 Å². The van der Waals surface area contributed by atoms with Gasteiger partial charge in [-0.05, 0) is 59.2 Å². The Morgan fingerprint density at radius 3 is 2.44 bits per heavy atom. The fraction of sp³-hybridized carbons (Fsp3) is 0.259. The molecule has 36 heavy (non-hydrogen) atoms. The predicted molar refractivity (Wildman–Crippen MR) is 148 cm³/mol. The third-order valence-corrected chi connectivity index (χ3v) is 7.46. The maximum absolute atomic E-state index is 12.5. The zero-order valence-corrected chi connectivity index (χ0v) is 22.6. The highest BCUT2D eigenvalue weighted by atomic mass is 32.2. The van der Waals surface area contributed by atoms with E-state index in [2.05, 4.69) is 65.8 Å². The van der Waals surface area contributed by atoms with Crippen LogP contribution >= 0.6 is 23.1 Å². The van der Waals surface area contributed by atoms with Crippen molar-refractivity contribution in [2.24, 2.45) is 5.10 Å². The molecule has 0 atom stereocenters. The van der Waals surface area contributed by atoms with E-state index in [4.69, 9.17) is 4.74 Å². The van der Waals surface area contributed by atoms with Gasteiger partial charge in [0.15, 0.2) is 11.0 Å². The number of methoxy groups -OCH3 is 1. The van der Waals surface area contributed by atoms with Crippen LogP contribution in [0.25, 0.3) is 17.1 Å². The summed E-state index contributed by atoms with van der Waals surface area (Å²) in [5.41, 5.74) is 6.84. The van der Waals surface area contributed by atoms with Gasteiger partial charge in [0.2, 0.25) is 0 Å². The van der Waals surface area contributed by atoms with E-state index >= 15 is 0 Å². The topological polar surface area (TPSA) is 81.4 Å². The summed E-state index contributed by atoms with van der Waals surface area (Å²) >= 11 is 2.89. The number of hydrogen-bond donors (Lipinski definition) is 1. The Kier molecular flexibility index (Phi) is 7.91. The van der Waals surface area contributed by atoms with E-state index in [1.807, 2.05) is 47.2 Å². The van der Waals surface area contributed by atoms with Crippen molar-refractivity contribution in [1.82, 2.24) is 20.2 Å². The van der Waals surface area contributed by atoms with Crippen LogP contribution in [0.15, 0.2) is 70.2 Å². The standard InChI is InChI=1S/C27H29N5O2S2/c1-18-14-15-35-23(18)16-28-29-24(33)17-36-26-31-30-25(19-6-8-20(9-7-19)27(2,3)4)32(26)21-10-12-22(34-5)13-11-21/h6-16H,17H2,1-5H3,(H,29,33)/b28-16-. The second-order valence-electron chi connectivity index (χ2n) is 9.22. The summed E-state index contributed by atoms with van der Waals surface area (Å²) in [6, 6.07) is 18.1. The summed E-state index contributed by atoms with van der Waals surface area (Å²) < 4.78 is 7.28. The molecule has 2 aromatic heterocycles. The molecule has 4 aromatic rings. The van der Waals surface area contributed by atoms with Crippen molar-refractivity contribution < 1.29 is 9.53 Å². The summed E-state index contributed by atoms with van der Waals surface area (Å²) in [6.45, 7) is 8.57. The maximum Gasteiger partial charge on any atom is 0.250 e. The van der Waals surface area contributed by atoms with E-state index in [9.17, 15) is 4.79 Å². The van der Waals surface area contributed by atoms with Gasteiger partial charge in [0.1, 0.15) is 5.75 Å². The van der Waals surface area contributed by atoms with Crippen LogP contribution in [-0.4, -0.2) is 39.7 Å². The number of thioether (sulfide) groups is 1. The van der Waals surface area contributed by atoms with Crippen molar-refractivity contribution in [3.63, 3.8) is 0 Å². The zero-order chi connectivity index (χ0) is 25.7. The van der Waals surface area contributed by atoms with Crippen LogP contribution in [-0.2, 0) is 10.2 Å². The third-order valence-electron chi connectivity index (χ3n) is 5.58. The molecule has 0 saturated carbocycles. The van der Waals surface area contributed by atoms with Crippen LogP contribution in [0.1, 0.15) is 36.8 Å². The number of benzene rings is 2. The molecule has 186 valence electrons. The Morgan fingerprint density at radius 2 is 1.83 bits per heavy atom. The lowest BCUT2D eigenvalue weighted by Gasteiger charge is -2.19. The van der Waals surface area contributed by atoms with Crippen molar-refractivity contribution in [2.75, 3.05) is 12.9 Å². The van der Waals surface area contributed by atoms with Crippen molar-refractivity contribution in [3.8, 4) is 22.8 Å². The largest absolute Gasteiger partial charge is 0.497 e. The maximum atomic E-state index is 12.5. The number of amides is 1. The molecule has 7 nitrogen and oxygen atoms in total. The molecule has 2 heterocycles. The number of rotatable bonds is 8. The Bertz CT molecular complexity index is 1350. The number of aryl methyl sites for hydroxylation is 1. The smallest absolute Gasteiger partial charge is 0.250 e. The minimum atomic E-state index is -0.217. The molecule has 2 aromatic carbocycles. The molecule has 0 unspecified atom stereocenters. The van der Waals surface area contributed by atoms with E-state index < -0.39 is 0 Å². The number of hydrazone groups is 1. The minimum absolute atomic E-state index is 0.0568. The molecule has 0 aliphatic heterocycles. The van der Waals surface area contributed by atoms with Crippen LogP contribution in [0.2, 0.25) is 0 Å². The van der Waals surface area contributed by atoms with Gasteiger partial charge in [0, 0.05) is 16.1 Å². The first-order valence-corrected chi connectivity index (χ1v) is 13.3. The first-order valence-electron chi connectivity index (χ1n) is 11.5. The normalized spacial score (nSPS) is 11.7. The quantitative estimate of drug-likeness (QED) is 0.179. The Hall–Kier alpha value is -3.43. The summed E-state index contributed by atoms with van der Waals surface area (Å²) in [4.78, 5) is 13.5. The molecule has 0 spiro atoms. The fourth-order valence-electron chi connectivity index (χ4n) is 3.48. The third kappa shape index (κ3) is 6.03. The molecule has 1 N–H and O–H groups in total. The Morgan fingerprint density at radius 1 is 1.11 bits per heavy atom. The summed E-state index contributed by atoms with van der Waals surface area (Å²) in [5, 5.41) is 15.6. The van der Waals surface area contributed by atoms with E-state index in [0.29, 0.717) is 11.0 Å². The lowest BCUT2D eigenvalue weighted by molar-refractivity contribution is -0.118. The van der Waals surface area contributed by atoms with E-state index in [1.54, 1.807) is 24.7 Å². The second kappa shape index (κ2) is 11.1. The summed E-state index contributed by atoms with van der Waals surface area (Å²) in [7, 11) is 1.64. The molecule has 0 radical (unpaired) electrons. The SMILES string of the molecule is COc1ccc(-n2c(SCC(=O)N/N=C\c3sccc3C)nnc2-c2ccc(C(C)(C)C)cc2)cc1. The molecule has 4 rings (SSSR count). The Labute approximate surface area is 219 Å². The van der Waals surface area contributed by atoms with Gasteiger partial charge >= 0.3 is 0 Å². The van der Waals surface area contributed by atoms with E-state index in [0.717, 1.165) is 27.4 Å². The van der Waals surface area contributed by atoms with Gasteiger partial charge in [0.05, 0.1) is 19.1 Å². The lowest BCUT2D eigenvalue weighted by Crippen LogP contribution is -2.20. The number of carbonyl (C=O) groups is 1.